The van der Waals surface area contributed by atoms with Crippen molar-refractivity contribution < 1.29 is 13.6 Å². The molecule has 7 heteroatoms. The van der Waals surface area contributed by atoms with Crippen molar-refractivity contribution in [1.82, 2.24) is 4.98 Å². The molecule has 0 saturated carbocycles. The quantitative estimate of drug-likeness (QED) is 0.738. The minimum atomic E-state index is -0.744. The highest BCUT2D eigenvalue weighted by Crippen LogP contribution is 2.22. The van der Waals surface area contributed by atoms with Gasteiger partial charge < -0.3 is 10.6 Å². The lowest BCUT2D eigenvalue weighted by Crippen LogP contribution is -2.12. The normalized spacial score (nSPS) is 10.0. The van der Waals surface area contributed by atoms with Gasteiger partial charge in [-0.3, -0.25) is 4.79 Å². The van der Waals surface area contributed by atoms with Crippen molar-refractivity contribution in [3.63, 3.8) is 0 Å². The summed E-state index contributed by atoms with van der Waals surface area (Å²) >= 11 is 0. The lowest BCUT2D eigenvalue weighted by molar-refractivity contribution is 0.102. The fraction of sp³-hybridized carbons (Fsp3) is 0. The lowest BCUT2D eigenvalue weighted by Gasteiger charge is -2.09. The number of hydrogen-bond acceptors (Lipinski definition) is 4. The van der Waals surface area contributed by atoms with Crippen LogP contribution in [0, 0.1) is 23.0 Å². The van der Waals surface area contributed by atoms with E-state index in [1.807, 2.05) is 6.07 Å². The van der Waals surface area contributed by atoms with E-state index in [1.165, 1.54) is 24.4 Å². The van der Waals surface area contributed by atoms with Crippen LogP contribution in [0.15, 0.2) is 60.8 Å². The summed E-state index contributed by atoms with van der Waals surface area (Å²) in [6.45, 7) is 0. The van der Waals surface area contributed by atoms with Crippen LogP contribution < -0.4 is 10.6 Å². The van der Waals surface area contributed by atoms with Crippen molar-refractivity contribution in [3.05, 3.63) is 83.6 Å². The van der Waals surface area contributed by atoms with Crippen molar-refractivity contribution in [2.24, 2.45) is 0 Å². The molecule has 2 aromatic carbocycles. The molecule has 0 radical (unpaired) electrons. The number of amides is 1. The predicted molar refractivity (Wildman–Crippen MR) is 93.0 cm³/mol. The lowest BCUT2D eigenvalue weighted by atomic mass is 10.2. The molecule has 0 aliphatic rings. The largest absolute Gasteiger partial charge is 0.335 e. The number of nitrogens with one attached hydrogen (secondary N) is 2. The van der Waals surface area contributed by atoms with E-state index >= 15 is 0 Å². The Morgan fingerprint density at radius 1 is 1.04 bits per heavy atom. The molecule has 2 N–H and O–H groups in total. The zero-order chi connectivity index (χ0) is 18.5. The van der Waals surface area contributed by atoms with E-state index in [0.717, 1.165) is 12.1 Å². The Labute approximate surface area is 147 Å². The summed E-state index contributed by atoms with van der Waals surface area (Å²) in [6.07, 6.45) is 1.28. The van der Waals surface area contributed by atoms with Crippen LogP contribution in [0.1, 0.15) is 15.9 Å². The highest BCUT2D eigenvalue weighted by molar-refractivity contribution is 6.04. The van der Waals surface area contributed by atoms with Gasteiger partial charge in [0.05, 0.1) is 17.2 Å². The van der Waals surface area contributed by atoms with Crippen molar-refractivity contribution in [2.75, 3.05) is 10.6 Å². The number of rotatable bonds is 4. The highest BCUT2D eigenvalue weighted by atomic mass is 19.1. The molecule has 128 valence electrons. The van der Waals surface area contributed by atoms with Crippen LogP contribution in [-0.2, 0) is 0 Å². The second-order valence-electron chi connectivity index (χ2n) is 5.30. The minimum absolute atomic E-state index is 0.192. The van der Waals surface area contributed by atoms with E-state index in [2.05, 4.69) is 15.6 Å². The summed E-state index contributed by atoms with van der Waals surface area (Å²) in [4.78, 5) is 16.2. The number of carbonyl (C=O) groups excluding carboxylic acids is 1. The molecular weight excluding hydrogens is 338 g/mol. The van der Waals surface area contributed by atoms with Crippen molar-refractivity contribution in [1.29, 1.82) is 5.26 Å². The third-order valence-electron chi connectivity index (χ3n) is 3.49. The molecule has 3 aromatic rings. The first-order valence-electron chi connectivity index (χ1n) is 7.55. The number of pyridine rings is 1. The number of nitriles is 1. The number of para-hydroxylation sites is 1. The first-order chi connectivity index (χ1) is 12.6. The molecule has 5 nitrogen and oxygen atoms in total. The highest BCUT2D eigenvalue weighted by Gasteiger charge is 2.11. The van der Waals surface area contributed by atoms with E-state index in [0.29, 0.717) is 11.3 Å². The van der Waals surface area contributed by atoms with Gasteiger partial charge in [0.25, 0.3) is 5.91 Å². The Hall–Kier alpha value is -3.79. The van der Waals surface area contributed by atoms with E-state index in [4.69, 9.17) is 5.26 Å². The van der Waals surface area contributed by atoms with Crippen LogP contribution >= 0.6 is 0 Å². The number of aromatic nitrogens is 1. The van der Waals surface area contributed by atoms with E-state index in [9.17, 15) is 13.6 Å². The standard InChI is InChI=1S/C19H12F2N4O/c20-15-5-2-6-16(21)18(15)25-17-8-7-13(11-23-17)19(26)24-14-4-1-3-12(9-14)10-22/h1-9,11H,(H,23,25)(H,24,26). The molecule has 0 bridgehead atoms. The Kier molecular flexibility index (Phi) is 4.85. The summed E-state index contributed by atoms with van der Waals surface area (Å²) in [5.74, 6) is -1.72. The fourth-order valence-electron chi connectivity index (χ4n) is 2.22. The van der Waals surface area contributed by atoms with E-state index in [-0.39, 0.29) is 17.1 Å². The molecule has 0 aliphatic carbocycles. The van der Waals surface area contributed by atoms with Crippen molar-refractivity contribution in [3.8, 4) is 6.07 Å². The average Bonchev–Trinajstić information content (AvgIpc) is 2.65. The zero-order valence-corrected chi connectivity index (χ0v) is 13.3. The Balaban J connectivity index is 1.73. The number of hydrogen-bond donors (Lipinski definition) is 2. The summed E-state index contributed by atoms with van der Waals surface area (Å²) in [6, 6.07) is 14.9. The van der Waals surface area contributed by atoms with Gasteiger partial charge in [-0.1, -0.05) is 12.1 Å². The summed E-state index contributed by atoms with van der Waals surface area (Å²) < 4.78 is 27.3. The molecular formula is C19H12F2N4O. The molecule has 0 unspecified atom stereocenters. The maximum absolute atomic E-state index is 13.6. The zero-order valence-electron chi connectivity index (χ0n) is 13.3. The van der Waals surface area contributed by atoms with Gasteiger partial charge in [-0.25, -0.2) is 13.8 Å². The van der Waals surface area contributed by atoms with Crippen LogP contribution in [0.2, 0.25) is 0 Å². The predicted octanol–water partition coefficient (Wildman–Crippen LogP) is 4.23. The maximum atomic E-state index is 13.6. The second kappa shape index (κ2) is 7.40. The van der Waals surface area contributed by atoms with Crippen LogP contribution in [0.4, 0.5) is 26.0 Å². The molecule has 3 rings (SSSR count). The molecule has 1 aromatic heterocycles. The Morgan fingerprint density at radius 3 is 2.42 bits per heavy atom. The van der Waals surface area contributed by atoms with Crippen LogP contribution in [-0.4, -0.2) is 10.9 Å². The molecule has 0 saturated heterocycles. The molecule has 0 fully saturated rings. The number of halogens is 2. The number of nitrogens with zero attached hydrogens (tertiary/aromatic N) is 2. The molecule has 0 spiro atoms. The van der Waals surface area contributed by atoms with Crippen LogP contribution in [0.5, 0.6) is 0 Å². The molecule has 0 atom stereocenters. The van der Waals surface area contributed by atoms with Gasteiger partial charge in [-0.15, -0.1) is 0 Å². The minimum Gasteiger partial charge on any atom is -0.335 e. The van der Waals surface area contributed by atoms with Gasteiger partial charge in [-0.2, -0.15) is 5.26 Å². The van der Waals surface area contributed by atoms with Gasteiger partial charge in [0, 0.05) is 11.9 Å². The van der Waals surface area contributed by atoms with Crippen molar-refractivity contribution in [2.45, 2.75) is 0 Å². The van der Waals surface area contributed by atoms with Gasteiger partial charge in [0.2, 0.25) is 0 Å². The number of carbonyl (C=O) groups is 1. The third-order valence-corrected chi connectivity index (χ3v) is 3.49. The average molecular weight is 350 g/mol. The smallest absolute Gasteiger partial charge is 0.257 e. The van der Waals surface area contributed by atoms with Gasteiger partial charge in [0.1, 0.15) is 23.1 Å². The molecule has 1 heterocycles. The van der Waals surface area contributed by atoms with Crippen molar-refractivity contribution >= 4 is 23.1 Å². The SMILES string of the molecule is N#Cc1cccc(NC(=O)c2ccc(Nc3c(F)cccc3F)nc2)c1. The fourth-order valence-corrected chi connectivity index (χ4v) is 2.22. The second-order valence-corrected chi connectivity index (χ2v) is 5.30. The molecule has 26 heavy (non-hydrogen) atoms. The molecule has 0 aliphatic heterocycles. The summed E-state index contributed by atoms with van der Waals surface area (Å²) in [5.41, 5.74) is 0.842. The van der Waals surface area contributed by atoms with Gasteiger partial charge >= 0.3 is 0 Å². The first-order valence-corrected chi connectivity index (χ1v) is 7.55. The Bertz CT molecular complexity index is 977. The Morgan fingerprint density at radius 2 is 1.77 bits per heavy atom. The summed E-state index contributed by atoms with van der Waals surface area (Å²) in [5, 5.41) is 14.1. The van der Waals surface area contributed by atoms with Crippen LogP contribution in [0.25, 0.3) is 0 Å². The number of benzene rings is 2. The molecule has 1 amide bonds. The maximum Gasteiger partial charge on any atom is 0.257 e. The monoisotopic (exact) mass is 350 g/mol. The van der Waals surface area contributed by atoms with Crippen LogP contribution in [0.3, 0.4) is 0 Å². The first kappa shape index (κ1) is 17.0. The summed E-state index contributed by atoms with van der Waals surface area (Å²) in [7, 11) is 0. The van der Waals surface area contributed by atoms with Gasteiger partial charge in [-0.05, 0) is 42.5 Å². The topological polar surface area (TPSA) is 77.8 Å². The number of anilines is 3. The van der Waals surface area contributed by atoms with E-state index < -0.39 is 17.5 Å². The van der Waals surface area contributed by atoms with E-state index in [1.54, 1.807) is 24.3 Å². The van der Waals surface area contributed by atoms with Gasteiger partial charge in [0.15, 0.2) is 0 Å². The third kappa shape index (κ3) is 3.82.